The topological polar surface area (TPSA) is 48.7 Å². The van der Waals surface area contributed by atoms with Gasteiger partial charge in [0.25, 0.3) is 0 Å². The van der Waals surface area contributed by atoms with Crippen molar-refractivity contribution < 1.29 is 0 Å². The van der Waals surface area contributed by atoms with Gasteiger partial charge >= 0.3 is 0 Å². The summed E-state index contributed by atoms with van der Waals surface area (Å²) in [5.74, 6) is 2.87. The van der Waals surface area contributed by atoms with E-state index in [1.54, 1.807) is 0 Å². The molecule has 1 N–H and O–H groups in total. The average Bonchev–Trinajstić information content (AvgIpc) is 3.13. The number of aliphatic imine (C=N–C) groups is 1. The minimum atomic E-state index is 0.812. The zero-order chi connectivity index (χ0) is 19.9. The molecule has 1 saturated carbocycles. The molecule has 0 amide bonds. The van der Waals surface area contributed by atoms with E-state index in [0.717, 1.165) is 56.3 Å². The molecule has 0 atom stereocenters. The van der Waals surface area contributed by atoms with Crippen LogP contribution >= 0.6 is 0 Å². The van der Waals surface area contributed by atoms with Crippen LogP contribution in [0, 0.1) is 11.8 Å². The van der Waals surface area contributed by atoms with E-state index in [4.69, 9.17) is 0 Å². The van der Waals surface area contributed by atoms with E-state index in [2.05, 4.69) is 45.3 Å². The first-order valence-electron chi connectivity index (χ1n) is 11.2. The van der Waals surface area contributed by atoms with Crippen LogP contribution in [-0.4, -0.2) is 71.4 Å². The van der Waals surface area contributed by atoms with Gasteiger partial charge in [-0.2, -0.15) is 5.10 Å². The number of nitrogens with zero attached hydrogens (tertiary/aromatic N) is 5. The summed E-state index contributed by atoms with van der Waals surface area (Å²) in [6.45, 7) is 10.3. The average molecular weight is 389 g/mol. The van der Waals surface area contributed by atoms with Gasteiger partial charge in [0.1, 0.15) is 0 Å². The van der Waals surface area contributed by atoms with Crippen molar-refractivity contribution in [1.29, 1.82) is 0 Å². The Morgan fingerprint density at radius 3 is 2.46 bits per heavy atom. The van der Waals surface area contributed by atoms with E-state index in [-0.39, 0.29) is 0 Å². The van der Waals surface area contributed by atoms with Crippen molar-refractivity contribution >= 4 is 5.96 Å². The van der Waals surface area contributed by atoms with Gasteiger partial charge in [0.05, 0.1) is 6.20 Å². The SMILES string of the molecule is CN=C(NCCCc1cnn(C)c1)N1CCN(C2CCC(C(C)C)CC2)CC1. The quantitative estimate of drug-likeness (QED) is 0.462. The summed E-state index contributed by atoms with van der Waals surface area (Å²) in [6.07, 6.45) is 11.8. The molecule has 6 nitrogen and oxygen atoms in total. The Bertz CT molecular complexity index is 606. The van der Waals surface area contributed by atoms with Gasteiger partial charge in [0, 0.05) is 59.1 Å². The maximum atomic E-state index is 4.52. The summed E-state index contributed by atoms with van der Waals surface area (Å²) in [5.41, 5.74) is 1.31. The monoisotopic (exact) mass is 388 g/mol. The fourth-order valence-corrected chi connectivity index (χ4v) is 4.86. The molecule has 0 unspecified atom stereocenters. The maximum Gasteiger partial charge on any atom is 0.193 e. The highest BCUT2D eigenvalue weighted by molar-refractivity contribution is 5.79. The first-order valence-corrected chi connectivity index (χ1v) is 11.2. The Kier molecular flexibility index (Phi) is 7.77. The molecule has 1 aliphatic heterocycles. The molecule has 2 fully saturated rings. The van der Waals surface area contributed by atoms with Crippen molar-refractivity contribution in [2.24, 2.45) is 23.9 Å². The van der Waals surface area contributed by atoms with Gasteiger partial charge in [-0.3, -0.25) is 14.6 Å². The van der Waals surface area contributed by atoms with Crippen molar-refractivity contribution in [2.75, 3.05) is 39.8 Å². The van der Waals surface area contributed by atoms with Gasteiger partial charge < -0.3 is 10.2 Å². The standard InChI is InChI=1S/C22H40N6/c1-18(2)20-7-9-21(10-8-20)27-12-14-28(15-13-27)22(23-3)24-11-5-6-19-16-25-26(4)17-19/h16-18,20-21H,5-15H2,1-4H3,(H,23,24). The fraction of sp³-hybridized carbons (Fsp3) is 0.818. The molecule has 1 aliphatic carbocycles. The largest absolute Gasteiger partial charge is 0.356 e. The maximum absolute atomic E-state index is 4.52. The number of aryl methyl sites for hydroxylation is 2. The van der Waals surface area contributed by atoms with Crippen LogP contribution in [0.1, 0.15) is 51.5 Å². The van der Waals surface area contributed by atoms with Crippen molar-refractivity contribution in [3.05, 3.63) is 18.0 Å². The number of hydrogen-bond acceptors (Lipinski definition) is 3. The van der Waals surface area contributed by atoms with Crippen LogP contribution in [-0.2, 0) is 13.5 Å². The van der Waals surface area contributed by atoms with Crippen molar-refractivity contribution in [3.63, 3.8) is 0 Å². The van der Waals surface area contributed by atoms with Gasteiger partial charge in [-0.25, -0.2) is 0 Å². The Morgan fingerprint density at radius 2 is 1.89 bits per heavy atom. The molecule has 1 saturated heterocycles. The smallest absolute Gasteiger partial charge is 0.193 e. The van der Waals surface area contributed by atoms with Crippen LogP contribution < -0.4 is 5.32 Å². The highest BCUT2D eigenvalue weighted by Gasteiger charge is 2.29. The molecule has 28 heavy (non-hydrogen) atoms. The van der Waals surface area contributed by atoms with Crippen LogP contribution in [0.4, 0.5) is 0 Å². The van der Waals surface area contributed by atoms with E-state index in [9.17, 15) is 0 Å². The van der Waals surface area contributed by atoms with Gasteiger partial charge in [-0.05, 0) is 55.9 Å². The Morgan fingerprint density at radius 1 is 1.18 bits per heavy atom. The minimum absolute atomic E-state index is 0.812. The van der Waals surface area contributed by atoms with Gasteiger partial charge in [-0.1, -0.05) is 13.8 Å². The van der Waals surface area contributed by atoms with E-state index in [1.165, 1.54) is 44.3 Å². The third-order valence-corrected chi connectivity index (χ3v) is 6.71. The lowest BCUT2D eigenvalue weighted by Gasteiger charge is -2.43. The second kappa shape index (κ2) is 10.3. The summed E-state index contributed by atoms with van der Waals surface area (Å²) in [6, 6.07) is 0.812. The predicted octanol–water partition coefficient (Wildman–Crippen LogP) is 2.76. The molecule has 0 radical (unpaired) electrons. The number of nitrogens with one attached hydrogen (secondary N) is 1. The first kappa shape index (κ1) is 21.2. The summed E-state index contributed by atoms with van der Waals surface area (Å²) in [5, 5.41) is 7.80. The van der Waals surface area contributed by atoms with Crippen LogP contribution in [0.2, 0.25) is 0 Å². The molecule has 6 heteroatoms. The van der Waals surface area contributed by atoms with Crippen LogP contribution in [0.15, 0.2) is 17.4 Å². The lowest BCUT2D eigenvalue weighted by molar-refractivity contribution is 0.0864. The molecule has 158 valence electrons. The zero-order valence-corrected chi connectivity index (χ0v) is 18.4. The molecule has 1 aromatic heterocycles. The summed E-state index contributed by atoms with van der Waals surface area (Å²) in [7, 11) is 3.88. The summed E-state index contributed by atoms with van der Waals surface area (Å²) < 4.78 is 1.87. The molecule has 0 bridgehead atoms. The highest BCUT2D eigenvalue weighted by atomic mass is 15.3. The van der Waals surface area contributed by atoms with Crippen LogP contribution in [0.25, 0.3) is 0 Å². The molecular formula is C22H40N6. The van der Waals surface area contributed by atoms with Gasteiger partial charge in [0.15, 0.2) is 5.96 Å². The molecular weight excluding hydrogens is 348 g/mol. The number of rotatable bonds is 6. The van der Waals surface area contributed by atoms with Crippen LogP contribution in [0.5, 0.6) is 0 Å². The van der Waals surface area contributed by atoms with E-state index in [0.29, 0.717) is 0 Å². The normalized spacial score (nSPS) is 24.8. The van der Waals surface area contributed by atoms with Crippen molar-refractivity contribution in [1.82, 2.24) is 24.9 Å². The molecule has 2 aliphatic rings. The minimum Gasteiger partial charge on any atom is -0.356 e. The van der Waals surface area contributed by atoms with Crippen molar-refractivity contribution in [3.8, 4) is 0 Å². The Balaban J connectivity index is 1.36. The number of hydrogen-bond donors (Lipinski definition) is 1. The van der Waals surface area contributed by atoms with E-state index >= 15 is 0 Å². The van der Waals surface area contributed by atoms with Gasteiger partial charge in [-0.15, -0.1) is 0 Å². The molecule has 1 aromatic rings. The second-order valence-electron chi connectivity index (χ2n) is 8.94. The fourth-order valence-electron chi connectivity index (χ4n) is 4.86. The third kappa shape index (κ3) is 5.72. The zero-order valence-electron chi connectivity index (χ0n) is 18.4. The van der Waals surface area contributed by atoms with E-state index < -0.39 is 0 Å². The number of piperazine rings is 1. The lowest BCUT2D eigenvalue weighted by Crippen LogP contribution is -2.55. The lowest BCUT2D eigenvalue weighted by atomic mass is 9.79. The molecule has 3 rings (SSSR count). The van der Waals surface area contributed by atoms with E-state index in [1.807, 2.05) is 25.0 Å². The molecule has 0 spiro atoms. The first-order chi connectivity index (χ1) is 13.6. The Hall–Kier alpha value is -1.56. The summed E-state index contributed by atoms with van der Waals surface area (Å²) in [4.78, 5) is 9.69. The highest BCUT2D eigenvalue weighted by Crippen LogP contribution is 2.32. The third-order valence-electron chi connectivity index (χ3n) is 6.71. The van der Waals surface area contributed by atoms with Gasteiger partial charge in [0.2, 0.25) is 0 Å². The summed E-state index contributed by atoms with van der Waals surface area (Å²) >= 11 is 0. The second-order valence-corrected chi connectivity index (χ2v) is 8.94. The number of aromatic nitrogens is 2. The Labute approximate surface area is 171 Å². The van der Waals surface area contributed by atoms with Crippen molar-refractivity contribution in [2.45, 2.75) is 58.4 Å². The molecule has 0 aromatic carbocycles. The van der Waals surface area contributed by atoms with Crippen LogP contribution in [0.3, 0.4) is 0 Å². The molecule has 2 heterocycles. The predicted molar refractivity (Wildman–Crippen MR) is 117 cm³/mol. The number of guanidine groups is 1.